The highest BCUT2D eigenvalue weighted by molar-refractivity contribution is 5.87. The zero-order valence-electron chi connectivity index (χ0n) is 10.6. The molecule has 0 aliphatic carbocycles. The van der Waals surface area contributed by atoms with Crippen LogP contribution in [0.15, 0.2) is 12.2 Å². The topological polar surface area (TPSA) is 29.1 Å². The molecule has 0 aromatic heterocycles. The van der Waals surface area contributed by atoms with Crippen LogP contribution in [0.5, 0.6) is 0 Å². The molecule has 0 aromatic rings. The summed E-state index contributed by atoms with van der Waals surface area (Å²) < 4.78 is 0. The van der Waals surface area contributed by atoms with E-state index in [4.69, 9.17) is 0 Å². The number of nitrogens with one attached hydrogen (secondary N) is 1. The van der Waals surface area contributed by atoms with Gasteiger partial charge in [0.1, 0.15) is 0 Å². The van der Waals surface area contributed by atoms with Crippen molar-refractivity contribution in [2.24, 2.45) is 5.92 Å². The number of hydrogen-bond acceptors (Lipinski definition) is 1. The smallest absolute Gasteiger partial charge is 0.244 e. The van der Waals surface area contributed by atoms with Crippen molar-refractivity contribution < 1.29 is 4.79 Å². The molecule has 0 radical (unpaired) electrons. The van der Waals surface area contributed by atoms with Crippen LogP contribution in [-0.2, 0) is 4.79 Å². The van der Waals surface area contributed by atoms with E-state index in [0.29, 0.717) is 12.5 Å². The fraction of sp³-hybridized carbons (Fsp3) is 0.400. The van der Waals surface area contributed by atoms with Crippen LogP contribution in [0.2, 0.25) is 0 Å². The first-order valence-electron chi connectivity index (χ1n) is 5.53. The molecule has 0 bridgehead atoms. The van der Waals surface area contributed by atoms with Gasteiger partial charge in [0, 0.05) is 12.6 Å². The first kappa shape index (κ1) is 14.9. The third-order valence-corrected chi connectivity index (χ3v) is 1.72. The number of carbonyl (C=O) groups is 1. The van der Waals surface area contributed by atoms with E-state index < -0.39 is 0 Å². The first-order valence-corrected chi connectivity index (χ1v) is 5.53. The second-order valence-electron chi connectivity index (χ2n) is 3.70. The van der Waals surface area contributed by atoms with Gasteiger partial charge in [0.15, 0.2) is 0 Å². The third kappa shape index (κ3) is 11.8. The summed E-state index contributed by atoms with van der Waals surface area (Å²) in [7, 11) is 0. The van der Waals surface area contributed by atoms with Gasteiger partial charge in [-0.1, -0.05) is 25.7 Å². The Balaban J connectivity index is 3.88. The Hall–Kier alpha value is -2.11. The summed E-state index contributed by atoms with van der Waals surface area (Å²) in [5, 5.41) is 2.77. The second kappa shape index (κ2) is 10.4. The Morgan fingerprint density at radius 1 is 1.24 bits per heavy atom. The normalized spacial score (nSPS) is 8.47. The van der Waals surface area contributed by atoms with E-state index in [9.17, 15) is 4.79 Å². The Bertz CT molecular complexity index is 439. The van der Waals surface area contributed by atoms with Crippen LogP contribution >= 0.6 is 0 Å². The van der Waals surface area contributed by atoms with Crippen LogP contribution in [0.25, 0.3) is 0 Å². The SMILES string of the molecule is CC#CC#CC#CC=CC(=O)NCCC(C)C. The van der Waals surface area contributed by atoms with Crippen molar-refractivity contribution in [2.45, 2.75) is 27.2 Å². The molecule has 0 spiro atoms. The maximum atomic E-state index is 11.2. The number of hydrogen-bond donors (Lipinski definition) is 1. The lowest BCUT2D eigenvalue weighted by molar-refractivity contribution is -0.116. The summed E-state index contributed by atoms with van der Waals surface area (Å²) in [5.74, 6) is 16.0. The standard InChI is InChI=1S/C15H17NO/c1-4-5-6-7-8-9-10-11-15(17)16-13-12-14(2)3/h10-11,14H,12-13H2,1-3H3,(H,16,17). The number of rotatable bonds is 4. The van der Waals surface area contributed by atoms with Crippen molar-refractivity contribution in [1.29, 1.82) is 0 Å². The van der Waals surface area contributed by atoms with Gasteiger partial charge in [-0.2, -0.15) is 0 Å². The van der Waals surface area contributed by atoms with Crippen LogP contribution in [0.4, 0.5) is 0 Å². The van der Waals surface area contributed by atoms with Crippen LogP contribution in [0, 0.1) is 41.4 Å². The first-order chi connectivity index (χ1) is 8.16. The summed E-state index contributed by atoms with van der Waals surface area (Å²) in [6, 6.07) is 0. The van der Waals surface area contributed by atoms with Crippen LogP contribution in [0.1, 0.15) is 27.2 Å². The summed E-state index contributed by atoms with van der Waals surface area (Å²) in [6.45, 7) is 6.64. The van der Waals surface area contributed by atoms with E-state index in [1.54, 1.807) is 6.92 Å². The molecule has 2 heteroatoms. The van der Waals surface area contributed by atoms with Gasteiger partial charge < -0.3 is 5.32 Å². The highest BCUT2D eigenvalue weighted by Crippen LogP contribution is 1.95. The maximum Gasteiger partial charge on any atom is 0.244 e. The fourth-order valence-electron chi connectivity index (χ4n) is 0.863. The Kier molecular flexibility index (Phi) is 9.12. The van der Waals surface area contributed by atoms with E-state index in [0.717, 1.165) is 6.42 Å². The van der Waals surface area contributed by atoms with Gasteiger partial charge in [0.05, 0.1) is 0 Å². The van der Waals surface area contributed by atoms with Crippen molar-refractivity contribution in [3.8, 4) is 35.5 Å². The number of carbonyl (C=O) groups excluding carboxylic acids is 1. The molecule has 0 heterocycles. The molecule has 1 N–H and O–H groups in total. The zero-order valence-corrected chi connectivity index (χ0v) is 10.6. The van der Waals surface area contributed by atoms with Crippen LogP contribution in [-0.4, -0.2) is 12.5 Å². The van der Waals surface area contributed by atoms with Gasteiger partial charge in [0.25, 0.3) is 0 Å². The lowest BCUT2D eigenvalue weighted by Gasteiger charge is -2.03. The van der Waals surface area contributed by atoms with Crippen molar-refractivity contribution in [3.63, 3.8) is 0 Å². The van der Waals surface area contributed by atoms with Crippen molar-refractivity contribution in [3.05, 3.63) is 12.2 Å². The van der Waals surface area contributed by atoms with E-state index in [-0.39, 0.29) is 5.91 Å². The molecule has 0 saturated carbocycles. The number of amides is 1. The molecule has 0 fully saturated rings. The van der Waals surface area contributed by atoms with E-state index in [2.05, 4.69) is 54.7 Å². The summed E-state index contributed by atoms with van der Waals surface area (Å²) >= 11 is 0. The highest BCUT2D eigenvalue weighted by Gasteiger charge is 1.95. The van der Waals surface area contributed by atoms with E-state index in [1.165, 1.54) is 12.2 Å². The minimum atomic E-state index is -0.124. The lowest BCUT2D eigenvalue weighted by atomic mass is 10.1. The van der Waals surface area contributed by atoms with Crippen molar-refractivity contribution in [2.75, 3.05) is 6.54 Å². The number of allylic oxidation sites excluding steroid dienone is 1. The minimum Gasteiger partial charge on any atom is -0.353 e. The van der Waals surface area contributed by atoms with Gasteiger partial charge in [-0.25, -0.2) is 0 Å². The Morgan fingerprint density at radius 2 is 1.94 bits per heavy atom. The molecule has 0 rings (SSSR count). The molecule has 0 aromatic carbocycles. The molecular formula is C15H17NO. The summed E-state index contributed by atoms with van der Waals surface area (Å²) in [4.78, 5) is 11.2. The molecular weight excluding hydrogens is 210 g/mol. The average Bonchev–Trinajstić information content (AvgIpc) is 2.27. The Morgan fingerprint density at radius 3 is 2.59 bits per heavy atom. The van der Waals surface area contributed by atoms with E-state index >= 15 is 0 Å². The van der Waals surface area contributed by atoms with Gasteiger partial charge in [0.2, 0.25) is 5.91 Å². The molecule has 88 valence electrons. The highest BCUT2D eigenvalue weighted by atomic mass is 16.1. The second-order valence-corrected chi connectivity index (χ2v) is 3.70. The quantitative estimate of drug-likeness (QED) is 0.575. The maximum absolute atomic E-state index is 11.2. The molecule has 1 amide bonds. The molecule has 0 aliphatic heterocycles. The van der Waals surface area contributed by atoms with Crippen molar-refractivity contribution in [1.82, 2.24) is 5.32 Å². The van der Waals surface area contributed by atoms with Crippen molar-refractivity contribution >= 4 is 5.91 Å². The molecule has 0 atom stereocenters. The molecule has 0 saturated heterocycles. The van der Waals surface area contributed by atoms with Gasteiger partial charge in [-0.05, 0) is 49.0 Å². The predicted molar refractivity (Wildman–Crippen MR) is 70.6 cm³/mol. The molecule has 17 heavy (non-hydrogen) atoms. The zero-order chi connectivity index (χ0) is 12.9. The largest absolute Gasteiger partial charge is 0.353 e. The van der Waals surface area contributed by atoms with Crippen LogP contribution in [0.3, 0.4) is 0 Å². The van der Waals surface area contributed by atoms with Gasteiger partial charge in [-0.3, -0.25) is 4.79 Å². The van der Waals surface area contributed by atoms with Crippen LogP contribution < -0.4 is 5.32 Å². The van der Waals surface area contributed by atoms with Gasteiger partial charge >= 0.3 is 0 Å². The average molecular weight is 227 g/mol. The summed E-state index contributed by atoms with van der Waals surface area (Å²) in [6.07, 6.45) is 3.87. The predicted octanol–water partition coefficient (Wildman–Crippen LogP) is 1.74. The molecule has 0 aliphatic rings. The fourth-order valence-corrected chi connectivity index (χ4v) is 0.863. The minimum absolute atomic E-state index is 0.124. The monoisotopic (exact) mass is 227 g/mol. The van der Waals surface area contributed by atoms with Gasteiger partial charge in [-0.15, -0.1) is 0 Å². The summed E-state index contributed by atoms with van der Waals surface area (Å²) in [5.41, 5.74) is 0. The lowest BCUT2D eigenvalue weighted by Crippen LogP contribution is -2.23. The Labute approximate surface area is 104 Å². The third-order valence-electron chi connectivity index (χ3n) is 1.72. The molecule has 2 nitrogen and oxygen atoms in total. The van der Waals surface area contributed by atoms with E-state index in [1.807, 2.05) is 0 Å². The molecule has 0 unspecified atom stereocenters.